The summed E-state index contributed by atoms with van der Waals surface area (Å²) in [5.74, 6) is 1.23. The Morgan fingerprint density at radius 3 is 2.63 bits per heavy atom. The van der Waals surface area contributed by atoms with E-state index in [1.807, 2.05) is 48.5 Å². The van der Waals surface area contributed by atoms with Crippen molar-refractivity contribution in [2.45, 2.75) is 0 Å². The third kappa shape index (κ3) is 4.21. The van der Waals surface area contributed by atoms with Crippen molar-refractivity contribution in [1.29, 1.82) is 0 Å². The summed E-state index contributed by atoms with van der Waals surface area (Å²) >= 11 is 7.43. The topological polar surface area (TPSA) is 65.8 Å². The number of rotatable bonds is 7. The predicted octanol–water partition coefficient (Wildman–Crippen LogP) is 4.49. The van der Waals surface area contributed by atoms with Crippen LogP contribution in [0.15, 0.2) is 59.7 Å². The van der Waals surface area contributed by atoms with Gasteiger partial charge in [-0.1, -0.05) is 23.7 Å². The summed E-state index contributed by atoms with van der Waals surface area (Å²) in [5.41, 5.74) is 2.63. The molecule has 35 heavy (non-hydrogen) atoms. The second-order valence-corrected chi connectivity index (χ2v) is 10.6. The van der Waals surface area contributed by atoms with Crippen LogP contribution in [0, 0.1) is 5.41 Å². The molecular weight excluding hydrogens is 486 g/mol. The summed E-state index contributed by atoms with van der Waals surface area (Å²) in [4.78, 5) is 21.2. The lowest BCUT2D eigenvalue weighted by Gasteiger charge is -2.55. The molecule has 2 saturated heterocycles. The lowest BCUT2D eigenvalue weighted by atomic mass is 9.78. The van der Waals surface area contributed by atoms with Crippen LogP contribution in [0.5, 0.6) is 11.5 Å². The minimum atomic E-state index is -0.123. The molecule has 0 unspecified atom stereocenters. The summed E-state index contributed by atoms with van der Waals surface area (Å²) in [7, 11) is 1.60. The van der Waals surface area contributed by atoms with Crippen molar-refractivity contribution < 1.29 is 14.2 Å². The number of fused-ring (bicyclic) bond motifs is 1. The number of ether oxygens (including phenoxy) is 3. The average Bonchev–Trinajstić information content (AvgIpc) is 3.25. The van der Waals surface area contributed by atoms with Crippen molar-refractivity contribution in [3.63, 3.8) is 0 Å². The van der Waals surface area contributed by atoms with Gasteiger partial charge in [0, 0.05) is 41.0 Å². The molecule has 0 atom stereocenters. The number of aromatic nitrogens is 2. The summed E-state index contributed by atoms with van der Waals surface area (Å²) in [6.07, 6.45) is 1.56. The van der Waals surface area contributed by atoms with E-state index in [1.54, 1.807) is 13.4 Å². The van der Waals surface area contributed by atoms with Crippen molar-refractivity contribution >= 4 is 33.2 Å². The van der Waals surface area contributed by atoms with E-state index < -0.39 is 0 Å². The maximum absolute atomic E-state index is 13.3. The highest BCUT2D eigenvalue weighted by atomic mass is 35.5. The van der Waals surface area contributed by atoms with Gasteiger partial charge >= 0.3 is 0 Å². The number of methoxy groups -OCH3 is 1. The number of benzene rings is 2. The van der Waals surface area contributed by atoms with Gasteiger partial charge in [-0.15, -0.1) is 11.3 Å². The highest BCUT2D eigenvalue weighted by molar-refractivity contribution is 7.22. The Hall–Kier alpha value is -2.91. The molecule has 4 aromatic rings. The number of halogens is 1. The molecule has 6 rings (SSSR count). The maximum atomic E-state index is 13.3. The number of hydrogen-bond donors (Lipinski definition) is 0. The van der Waals surface area contributed by atoms with Crippen LogP contribution in [0.2, 0.25) is 5.02 Å². The fourth-order valence-electron chi connectivity index (χ4n) is 4.70. The highest BCUT2D eigenvalue weighted by Crippen LogP contribution is 2.37. The van der Waals surface area contributed by atoms with E-state index in [2.05, 4.69) is 9.88 Å². The SMILES string of the molecule is COc1cc(-n2cnc3cc(-c4ccc(Cl)cc4)sc3c2=O)ccc1OCCN1CC2(COC2)C1. The molecule has 4 heterocycles. The number of hydrogen-bond acceptors (Lipinski definition) is 7. The van der Waals surface area contributed by atoms with Crippen LogP contribution in [0.1, 0.15) is 0 Å². The van der Waals surface area contributed by atoms with Gasteiger partial charge in [-0.25, -0.2) is 4.98 Å². The molecule has 180 valence electrons. The second kappa shape index (κ2) is 8.95. The largest absolute Gasteiger partial charge is 0.493 e. The standard InChI is InChI=1S/C26H24ClN3O4S/c1-32-22-10-19(6-7-21(22)34-9-8-29-12-26(13-29)14-33-15-26)30-16-28-20-11-23(35-24(20)25(30)31)17-2-4-18(27)5-3-17/h2-7,10-11,16H,8-9,12-15H2,1H3. The molecule has 0 radical (unpaired) electrons. The normalized spacial score (nSPS) is 16.7. The van der Waals surface area contributed by atoms with Crippen LogP contribution in [0.25, 0.3) is 26.3 Å². The Morgan fingerprint density at radius 2 is 1.91 bits per heavy atom. The Morgan fingerprint density at radius 1 is 1.11 bits per heavy atom. The van der Waals surface area contributed by atoms with Crippen molar-refractivity contribution in [2.24, 2.45) is 5.41 Å². The van der Waals surface area contributed by atoms with E-state index in [9.17, 15) is 4.79 Å². The lowest BCUT2D eigenvalue weighted by molar-refractivity contribution is -0.189. The second-order valence-electron chi connectivity index (χ2n) is 9.14. The summed E-state index contributed by atoms with van der Waals surface area (Å²) < 4.78 is 19.0. The molecule has 0 saturated carbocycles. The van der Waals surface area contributed by atoms with E-state index in [0.717, 1.165) is 43.3 Å². The first-order valence-corrected chi connectivity index (χ1v) is 12.6. The molecule has 2 aromatic heterocycles. The van der Waals surface area contributed by atoms with Crippen LogP contribution in [-0.4, -0.2) is 61.0 Å². The third-order valence-corrected chi connectivity index (χ3v) is 8.00. The molecule has 1 spiro atoms. The van der Waals surface area contributed by atoms with Crippen LogP contribution < -0.4 is 15.0 Å². The molecule has 2 aromatic carbocycles. The Labute approximate surface area is 211 Å². The zero-order valence-electron chi connectivity index (χ0n) is 19.2. The van der Waals surface area contributed by atoms with Gasteiger partial charge < -0.3 is 14.2 Å². The Bertz CT molecular complexity index is 1440. The minimum absolute atomic E-state index is 0.123. The summed E-state index contributed by atoms with van der Waals surface area (Å²) in [5, 5.41) is 0.675. The molecule has 2 fully saturated rings. The van der Waals surface area contributed by atoms with Gasteiger partial charge in [0.25, 0.3) is 5.56 Å². The van der Waals surface area contributed by atoms with Crippen LogP contribution in [0.4, 0.5) is 0 Å². The van der Waals surface area contributed by atoms with Crippen LogP contribution in [0.3, 0.4) is 0 Å². The molecule has 0 amide bonds. The zero-order valence-corrected chi connectivity index (χ0v) is 20.8. The smallest absolute Gasteiger partial charge is 0.275 e. The van der Waals surface area contributed by atoms with Crippen molar-refractivity contribution in [2.75, 3.05) is 46.6 Å². The highest BCUT2D eigenvalue weighted by Gasteiger charge is 2.48. The van der Waals surface area contributed by atoms with Crippen molar-refractivity contribution in [1.82, 2.24) is 14.5 Å². The first kappa shape index (κ1) is 22.5. The van der Waals surface area contributed by atoms with Gasteiger partial charge in [0.15, 0.2) is 11.5 Å². The molecule has 0 N–H and O–H groups in total. The molecule has 9 heteroatoms. The lowest BCUT2D eigenvalue weighted by Crippen LogP contribution is -2.66. The first-order valence-electron chi connectivity index (χ1n) is 11.4. The van der Waals surface area contributed by atoms with Gasteiger partial charge in [-0.2, -0.15) is 0 Å². The summed E-state index contributed by atoms with van der Waals surface area (Å²) in [6, 6.07) is 15.0. The average molecular weight is 510 g/mol. The fourth-order valence-corrected chi connectivity index (χ4v) is 5.87. The van der Waals surface area contributed by atoms with E-state index in [1.165, 1.54) is 15.9 Å². The molecule has 0 aliphatic carbocycles. The van der Waals surface area contributed by atoms with E-state index in [0.29, 0.717) is 44.4 Å². The Balaban J connectivity index is 1.20. The molecular formula is C26H24ClN3O4S. The third-order valence-electron chi connectivity index (χ3n) is 6.59. The van der Waals surface area contributed by atoms with Gasteiger partial charge in [0.1, 0.15) is 17.6 Å². The van der Waals surface area contributed by atoms with Crippen LogP contribution >= 0.6 is 22.9 Å². The minimum Gasteiger partial charge on any atom is -0.493 e. The predicted molar refractivity (Wildman–Crippen MR) is 137 cm³/mol. The van der Waals surface area contributed by atoms with Gasteiger partial charge in [-0.3, -0.25) is 14.3 Å². The molecule has 2 aliphatic heterocycles. The Kier molecular flexibility index (Phi) is 5.76. The van der Waals surface area contributed by atoms with E-state index >= 15 is 0 Å². The number of nitrogens with zero attached hydrogens (tertiary/aromatic N) is 3. The van der Waals surface area contributed by atoms with Crippen molar-refractivity contribution in [3.8, 4) is 27.6 Å². The quantitative estimate of drug-likeness (QED) is 0.366. The number of likely N-dealkylation sites (tertiary alicyclic amines) is 1. The summed E-state index contributed by atoms with van der Waals surface area (Å²) in [6.45, 7) is 5.35. The van der Waals surface area contributed by atoms with Crippen LogP contribution in [-0.2, 0) is 4.74 Å². The first-order chi connectivity index (χ1) is 17.0. The fraction of sp³-hybridized carbons (Fsp3) is 0.308. The van der Waals surface area contributed by atoms with Gasteiger partial charge in [0.05, 0.1) is 31.5 Å². The van der Waals surface area contributed by atoms with E-state index in [4.69, 9.17) is 25.8 Å². The van der Waals surface area contributed by atoms with Gasteiger partial charge in [0.2, 0.25) is 0 Å². The molecule has 7 nitrogen and oxygen atoms in total. The van der Waals surface area contributed by atoms with Gasteiger partial charge in [-0.05, 0) is 35.9 Å². The van der Waals surface area contributed by atoms with E-state index in [-0.39, 0.29) is 5.56 Å². The number of thiophene rings is 1. The molecule has 0 bridgehead atoms. The maximum Gasteiger partial charge on any atom is 0.275 e. The molecule has 2 aliphatic rings. The van der Waals surface area contributed by atoms with Crippen molar-refractivity contribution in [3.05, 3.63) is 70.2 Å². The monoisotopic (exact) mass is 509 g/mol. The zero-order chi connectivity index (χ0) is 24.0.